The van der Waals surface area contributed by atoms with Crippen LogP contribution in [0.3, 0.4) is 0 Å². The number of halogens is 1. The summed E-state index contributed by atoms with van der Waals surface area (Å²) in [5.74, 6) is 1.36. The lowest BCUT2D eigenvalue weighted by atomic mass is 9.81. The van der Waals surface area contributed by atoms with Gasteiger partial charge >= 0.3 is 0 Å². The summed E-state index contributed by atoms with van der Waals surface area (Å²) in [6.07, 6.45) is 8.26. The van der Waals surface area contributed by atoms with Crippen LogP contribution in [0.4, 0.5) is 4.39 Å². The number of rotatable bonds is 5. The van der Waals surface area contributed by atoms with Crippen LogP contribution >= 0.6 is 0 Å². The topological polar surface area (TPSA) is 78.1 Å². The zero-order valence-electron chi connectivity index (χ0n) is 20.1. The molecule has 35 heavy (non-hydrogen) atoms. The SMILES string of the molecule is CS(=O)(=O)c1ccc(-c2nc3ccc(C4CCN(C5CCNCC5)[C@@H](C5CC5)C4)c(F)c3[nH]2)cc1. The van der Waals surface area contributed by atoms with Crippen molar-refractivity contribution in [2.75, 3.05) is 25.9 Å². The fourth-order valence-electron chi connectivity index (χ4n) is 6.21. The molecule has 6 nitrogen and oxygen atoms in total. The highest BCUT2D eigenvalue weighted by Crippen LogP contribution is 2.45. The van der Waals surface area contributed by atoms with Crippen LogP contribution in [-0.4, -0.2) is 61.3 Å². The second-order valence-corrected chi connectivity index (χ2v) is 12.6. The number of hydrogen-bond acceptors (Lipinski definition) is 5. The van der Waals surface area contributed by atoms with Gasteiger partial charge in [-0.1, -0.05) is 6.07 Å². The quantitative estimate of drug-likeness (QED) is 0.545. The fourth-order valence-corrected chi connectivity index (χ4v) is 6.84. The van der Waals surface area contributed by atoms with Crippen molar-refractivity contribution < 1.29 is 12.8 Å². The highest BCUT2D eigenvalue weighted by Gasteiger charge is 2.42. The van der Waals surface area contributed by atoms with E-state index in [0.29, 0.717) is 28.9 Å². The first-order valence-electron chi connectivity index (χ1n) is 12.8. The van der Waals surface area contributed by atoms with Crippen LogP contribution in [-0.2, 0) is 9.84 Å². The predicted octanol–water partition coefficient (Wildman–Crippen LogP) is 4.48. The molecular weight excluding hydrogens is 463 g/mol. The number of aromatic amines is 1. The number of H-pyrrole nitrogens is 1. The van der Waals surface area contributed by atoms with E-state index in [1.165, 1.54) is 31.9 Å². The molecule has 6 rings (SSSR count). The lowest BCUT2D eigenvalue weighted by Gasteiger charge is -2.45. The van der Waals surface area contributed by atoms with E-state index in [1.54, 1.807) is 24.3 Å². The minimum Gasteiger partial charge on any atom is -0.336 e. The molecule has 3 heterocycles. The van der Waals surface area contributed by atoms with Crippen LogP contribution < -0.4 is 5.32 Å². The molecule has 2 atom stereocenters. The number of benzene rings is 2. The molecule has 1 unspecified atom stereocenters. The van der Waals surface area contributed by atoms with Gasteiger partial charge in [0.05, 0.1) is 10.4 Å². The van der Waals surface area contributed by atoms with Crippen molar-refractivity contribution >= 4 is 20.9 Å². The van der Waals surface area contributed by atoms with Crippen LogP contribution in [0.15, 0.2) is 41.3 Å². The average Bonchev–Trinajstić information content (AvgIpc) is 3.62. The maximum absolute atomic E-state index is 15.8. The van der Waals surface area contributed by atoms with Crippen molar-refractivity contribution in [1.82, 2.24) is 20.2 Å². The Hall–Kier alpha value is -2.29. The molecule has 2 aliphatic heterocycles. The number of piperidine rings is 2. The summed E-state index contributed by atoms with van der Waals surface area (Å²) in [5, 5.41) is 3.48. The first-order chi connectivity index (χ1) is 16.9. The summed E-state index contributed by atoms with van der Waals surface area (Å²) in [4.78, 5) is 10.8. The maximum atomic E-state index is 15.8. The average molecular weight is 497 g/mol. The summed E-state index contributed by atoms with van der Waals surface area (Å²) in [7, 11) is -3.27. The van der Waals surface area contributed by atoms with Gasteiger partial charge in [0, 0.05) is 23.9 Å². The largest absolute Gasteiger partial charge is 0.336 e. The minimum absolute atomic E-state index is 0.191. The number of sulfone groups is 1. The molecule has 1 aromatic heterocycles. The Morgan fingerprint density at radius 1 is 1.00 bits per heavy atom. The Bertz CT molecular complexity index is 1330. The number of aromatic nitrogens is 2. The number of likely N-dealkylation sites (tertiary alicyclic amines) is 1. The summed E-state index contributed by atoms with van der Waals surface area (Å²) in [6.45, 7) is 3.26. The third kappa shape index (κ3) is 4.52. The molecule has 2 aromatic carbocycles. The highest BCUT2D eigenvalue weighted by atomic mass is 32.2. The number of nitrogens with one attached hydrogen (secondary N) is 2. The van der Waals surface area contributed by atoms with Gasteiger partial charge in [0.1, 0.15) is 11.3 Å². The maximum Gasteiger partial charge on any atom is 0.175 e. The third-order valence-corrected chi connectivity index (χ3v) is 9.38. The summed E-state index contributed by atoms with van der Waals surface area (Å²) in [6, 6.07) is 11.6. The van der Waals surface area contributed by atoms with Crippen molar-refractivity contribution in [3.05, 3.63) is 47.8 Å². The van der Waals surface area contributed by atoms with E-state index in [1.807, 2.05) is 12.1 Å². The molecule has 2 N–H and O–H groups in total. The number of nitrogens with zero attached hydrogens (tertiary/aromatic N) is 2. The lowest BCUT2D eigenvalue weighted by molar-refractivity contribution is 0.0553. The molecular formula is C27H33FN4O2S. The van der Waals surface area contributed by atoms with Crippen LogP contribution in [0.5, 0.6) is 0 Å². The number of fused-ring (bicyclic) bond motifs is 1. The summed E-state index contributed by atoms with van der Waals surface area (Å²) < 4.78 is 39.3. The zero-order chi connectivity index (χ0) is 24.2. The van der Waals surface area contributed by atoms with Gasteiger partial charge in [-0.05, 0) is 106 Å². The van der Waals surface area contributed by atoms with Crippen molar-refractivity contribution in [2.45, 2.75) is 61.4 Å². The van der Waals surface area contributed by atoms with Crippen LogP contribution in [0, 0.1) is 11.7 Å². The molecule has 0 spiro atoms. The van der Waals surface area contributed by atoms with Gasteiger partial charge in [-0.2, -0.15) is 0 Å². The highest BCUT2D eigenvalue weighted by molar-refractivity contribution is 7.90. The van der Waals surface area contributed by atoms with Crippen molar-refractivity contribution in [3.8, 4) is 11.4 Å². The van der Waals surface area contributed by atoms with E-state index < -0.39 is 9.84 Å². The van der Waals surface area contributed by atoms with E-state index in [9.17, 15) is 8.42 Å². The van der Waals surface area contributed by atoms with Gasteiger partial charge < -0.3 is 10.3 Å². The predicted molar refractivity (Wildman–Crippen MR) is 136 cm³/mol. The standard InChI is InChI=1S/C27H33FN4O2S/c1-35(33,34)21-6-4-18(5-7-21)27-30-23-9-8-22(25(28)26(23)31-27)19-12-15-32(20-10-13-29-14-11-20)24(16-19)17-2-3-17/h4-9,17,19-20,24,29H,2-3,10-16H2,1H3,(H,30,31)/t19?,24-/m1/s1. The molecule has 3 fully saturated rings. The van der Waals surface area contributed by atoms with Crippen molar-refractivity contribution in [2.24, 2.45) is 5.92 Å². The van der Waals surface area contributed by atoms with Crippen LogP contribution in [0.1, 0.15) is 50.0 Å². The molecule has 0 bridgehead atoms. The van der Waals surface area contributed by atoms with Gasteiger partial charge in [-0.25, -0.2) is 17.8 Å². The fraction of sp³-hybridized carbons (Fsp3) is 0.519. The van der Waals surface area contributed by atoms with Gasteiger partial charge in [0.15, 0.2) is 15.7 Å². The van der Waals surface area contributed by atoms with E-state index in [2.05, 4.69) is 20.2 Å². The zero-order valence-corrected chi connectivity index (χ0v) is 21.0. The molecule has 1 aliphatic carbocycles. The molecule has 8 heteroatoms. The minimum atomic E-state index is -3.27. The Morgan fingerprint density at radius 2 is 1.74 bits per heavy atom. The Morgan fingerprint density at radius 3 is 2.43 bits per heavy atom. The van der Waals surface area contributed by atoms with Crippen molar-refractivity contribution in [3.63, 3.8) is 0 Å². The smallest absolute Gasteiger partial charge is 0.175 e. The molecule has 0 amide bonds. The molecule has 3 aromatic rings. The van der Waals surface area contributed by atoms with Gasteiger partial charge in [0.2, 0.25) is 0 Å². The molecule has 3 aliphatic rings. The third-order valence-electron chi connectivity index (χ3n) is 8.25. The number of hydrogen-bond donors (Lipinski definition) is 2. The van der Waals surface area contributed by atoms with E-state index in [-0.39, 0.29) is 16.6 Å². The molecule has 186 valence electrons. The normalized spacial score (nSPS) is 24.7. The van der Waals surface area contributed by atoms with Gasteiger partial charge in [0.25, 0.3) is 0 Å². The van der Waals surface area contributed by atoms with E-state index >= 15 is 4.39 Å². The molecule has 1 saturated carbocycles. The Labute approximate surface area is 206 Å². The van der Waals surface area contributed by atoms with Gasteiger partial charge in [-0.15, -0.1) is 0 Å². The van der Waals surface area contributed by atoms with Crippen LogP contribution in [0.2, 0.25) is 0 Å². The van der Waals surface area contributed by atoms with Crippen molar-refractivity contribution in [1.29, 1.82) is 0 Å². The molecule has 0 radical (unpaired) electrons. The Kier molecular flexibility index (Phi) is 5.93. The van der Waals surface area contributed by atoms with Crippen LogP contribution in [0.25, 0.3) is 22.4 Å². The number of imidazole rings is 1. The monoisotopic (exact) mass is 496 g/mol. The lowest BCUT2D eigenvalue weighted by Crippen LogP contribution is -2.52. The summed E-state index contributed by atoms with van der Waals surface area (Å²) >= 11 is 0. The second kappa shape index (κ2) is 8.98. The Balaban J connectivity index is 1.26. The van der Waals surface area contributed by atoms with E-state index in [4.69, 9.17) is 0 Å². The molecule has 2 saturated heterocycles. The van der Waals surface area contributed by atoms with E-state index in [0.717, 1.165) is 49.5 Å². The summed E-state index contributed by atoms with van der Waals surface area (Å²) in [5.41, 5.74) is 2.57. The first kappa shape index (κ1) is 23.1. The second-order valence-electron chi connectivity index (χ2n) is 10.6. The van der Waals surface area contributed by atoms with Gasteiger partial charge in [-0.3, -0.25) is 4.90 Å². The first-order valence-corrected chi connectivity index (χ1v) is 14.7.